The van der Waals surface area contributed by atoms with Crippen LogP contribution < -0.4 is 9.64 Å². The van der Waals surface area contributed by atoms with E-state index in [0.29, 0.717) is 25.2 Å². The molecule has 5 rings (SSSR count). The van der Waals surface area contributed by atoms with Crippen LogP contribution in [-0.4, -0.2) is 58.9 Å². The monoisotopic (exact) mass is 447 g/mol. The summed E-state index contributed by atoms with van der Waals surface area (Å²) in [4.78, 5) is 23.7. The average molecular weight is 448 g/mol. The second-order valence-electron chi connectivity index (χ2n) is 7.68. The average Bonchev–Trinajstić information content (AvgIpc) is 3.53. The SMILES string of the molecule is CCn1ncc2c(C(=O)N3CCN(c4ccccc4OC)CC3)cc(-c3cccs3)nc21. The first-order chi connectivity index (χ1) is 15.7. The molecule has 1 aromatic carbocycles. The second kappa shape index (κ2) is 8.63. The van der Waals surface area contributed by atoms with Gasteiger partial charge in [-0.25, -0.2) is 9.67 Å². The van der Waals surface area contributed by atoms with Crippen molar-refractivity contribution in [2.75, 3.05) is 38.2 Å². The molecule has 164 valence electrons. The third-order valence-electron chi connectivity index (χ3n) is 5.91. The largest absolute Gasteiger partial charge is 0.495 e. The van der Waals surface area contributed by atoms with Crippen molar-refractivity contribution in [3.63, 3.8) is 0 Å². The topological polar surface area (TPSA) is 63.5 Å². The van der Waals surface area contributed by atoms with Gasteiger partial charge in [-0.15, -0.1) is 11.3 Å². The number of hydrogen-bond acceptors (Lipinski definition) is 6. The van der Waals surface area contributed by atoms with Crippen molar-refractivity contribution in [1.29, 1.82) is 0 Å². The lowest BCUT2D eigenvalue weighted by molar-refractivity contribution is 0.0748. The number of rotatable bonds is 5. The van der Waals surface area contributed by atoms with Crippen LogP contribution in [0.15, 0.2) is 54.0 Å². The van der Waals surface area contributed by atoms with E-state index in [1.807, 2.05) is 58.3 Å². The molecule has 32 heavy (non-hydrogen) atoms. The van der Waals surface area contributed by atoms with E-state index in [1.54, 1.807) is 24.6 Å². The van der Waals surface area contributed by atoms with Crippen molar-refractivity contribution in [3.05, 3.63) is 59.6 Å². The second-order valence-corrected chi connectivity index (χ2v) is 8.63. The van der Waals surface area contributed by atoms with Gasteiger partial charge < -0.3 is 14.5 Å². The number of methoxy groups -OCH3 is 1. The highest BCUT2D eigenvalue weighted by molar-refractivity contribution is 7.13. The Kier molecular flexibility index (Phi) is 5.53. The Morgan fingerprint density at radius 1 is 1.12 bits per heavy atom. The van der Waals surface area contributed by atoms with E-state index < -0.39 is 0 Å². The summed E-state index contributed by atoms with van der Waals surface area (Å²) in [5.74, 6) is 0.890. The number of aryl methyl sites for hydroxylation is 1. The summed E-state index contributed by atoms with van der Waals surface area (Å²) in [5, 5.41) is 7.29. The van der Waals surface area contributed by atoms with Gasteiger partial charge in [0.2, 0.25) is 0 Å². The number of piperazine rings is 1. The van der Waals surface area contributed by atoms with E-state index in [2.05, 4.69) is 16.1 Å². The van der Waals surface area contributed by atoms with E-state index in [9.17, 15) is 4.79 Å². The normalized spacial score (nSPS) is 14.2. The van der Waals surface area contributed by atoms with Crippen LogP contribution in [0.25, 0.3) is 21.6 Å². The number of thiophene rings is 1. The molecule has 0 unspecified atom stereocenters. The molecule has 0 atom stereocenters. The van der Waals surface area contributed by atoms with Crippen molar-refractivity contribution in [1.82, 2.24) is 19.7 Å². The van der Waals surface area contributed by atoms with Gasteiger partial charge in [-0.2, -0.15) is 5.10 Å². The zero-order chi connectivity index (χ0) is 22.1. The van der Waals surface area contributed by atoms with Crippen molar-refractivity contribution < 1.29 is 9.53 Å². The number of carbonyl (C=O) groups is 1. The number of ether oxygens (including phenoxy) is 1. The summed E-state index contributed by atoms with van der Waals surface area (Å²) in [6, 6.07) is 14.0. The predicted molar refractivity (Wildman–Crippen MR) is 128 cm³/mol. The molecule has 3 aromatic heterocycles. The van der Waals surface area contributed by atoms with Crippen LogP contribution >= 0.6 is 11.3 Å². The molecule has 0 bridgehead atoms. The Hall–Kier alpha value is -3.39. The molecule has 1 fully saturated rings. The molecule has 0 saturated carbocycles. The summed E-state index contributed by atoms with van der Waals surface area (Å²) in [6.45, 7) is 5.55. The first kappa shape index (κ1) is 20.5. The number of pyridine rings is 1. The summed E-state index contributed by atoms with van der Waals surface area (Å²) in [7, 11) is 1.69. The van der Waals surface area contributed by atoms with Gasteiger partial charge in [-0.3, -0.25) is 4.79 Å². The molecule has 1 amide bonds. The maximum atomic E-state index is 13.6. The molecule has 0 N–H and O–H groups in total. The fourth-order valence-corrected chi connectivity index (χ4v) is 4.90. The van der Waals surface area contributed by atoms with Gasteiger partial charge in [-0.1, -0.05) is 18.2 Å². The molecular weight excluding hydrogens is 422 g/mol. The van der Waals surface area contributed by atoms with E-state index in [4.69, 9.17) is 9.72 Å². The number of amides is 1. The quantitative estimate of drug-likeness (QED) is 0.460. The predicted octanol–water partition coefficient (Wildman–Crippen LogP) is 4.15. The van der Waals surface area contributed by atoms with Crippen LogP contribution in [0.1, 0.15) is 17.3 Å². The molecule has 7 nitrogen and oxygen atoms in total. The van der Waals surface area contributed by atoms with Gasteiger partial charge in [0.15, 0.2) is 5.65 Å². The molecule has 8 heteroatoms. The number of benzene rings is 1. The number of hydrogen-bond donors (Lipinski definition) is 0. The number of nitrogens with zero attached hydrogens (tertiary/aromatic N) is 5. The van der Waals surface area contributed by atoms with E-state index in [-0.39, 0.29) is 5.91 Å². The molecule has 1 aliphatic heterocycles. The number of carbonyl (C=O) groups excluding carboxylic acids is 1. The standard InChI is InChI=1S/C24H25N5O2S/c1-3-29-23-18(16-25-29)17(15-19(26-23)22-9-6-14-32-22)24(30)28-12-10-27(11-13-28)20-7-4-5-8-21(20)31-2/h4-9,14-16H,3,10-13H2,1-2H3. The highest BCUT2D eigenvalue weighted by atomic mass is 32.1. The lowest BCUT2D eigenvalue weighted by atomic mass is 10.1. The van der Waals surface area contributed by atoms with Crippen LogP contribution in [0.3, 0.4) is 0 Å². The van der Waals surface area contributed by atoms with Gasteiger partial charge in [0.05, 0.1) is 40.5 Å². The van der Waals surface area contributed by atoms with Crippen LogP contribution in [-0.2, 0) is 6.54 Å². The van der Waals surface area contributed by atoms with E-state index in [0.717, 1.165) is 46.1 Å². The maximum Gasteiger partial charge on any atom is 0.254 e. The lowest BCUT2D eigenvalue weighted by Crippen LogP contribution is -2.49. The van der Waals surface area contributed by atoms with Crippen molar-refractivity contribution in [3.8, 4) is 16.3 Å². The van der Waals surface area contributed by atoms with Gasteiger partial charge in [0.25, 0.3) is 5.91 Å². The Labute approximate surface area is 190 Å². The number of fused-ring (bicyclic) bond motifs is 1. The first-order valence-electron chi connectivity index (χ1n) is 10.8. The Morgan fingerprint density at radius 3 is 2.66 bits per heavy atom. The van der Waals surface area contributed by atoms with Crippen LogP contribution in [0.2, 0.25) is 0 Å². The Balaban J connectivity index is 1.43. The fraction of sp³-hybridized carbons (Fsp3) is 0.292. The van der Waals surface area contributed by atoms with Crippen molar-refractivity contribution in [2.24, 2.45) is 0 Å². The number of aromatic nitrogens is 3. The molecule has 0 spiro atoms. The number of para-hydroxylation sites is 2. The van der Waals surface area contributed by atoms with Crippen molar-refractivity contribution >= 4 is 34.0 Å². The smallest absolute Gasteiger partial charge is 0.254 e. The van der Waals surface area contributed by atoms with Crippen molar-refractivity contribution in [2.45, 2.75) is 13.5 Å². The van der Waals surface area contributed by atoms with Crippen LogP contribution in [0.4, 0.5) is 5.69 Å². The first-order valence-corrected chi connectivity index (χ1v) is 11.6. The summed E-state index contributed by atoms with van der Waals surface area (Å²) < 4.78 is 7.36. The zero-order valence-electron chi connectivity index (χ0n) is 18.2. The minimum absolute atomic E-state index is 0.0329. The van der Waals surface area contributed by atoms with Gasteiger partial charge in [-0.05, 0) is 36.6 Å². The van der Waals surface area contributed by atoms with Crippen LogP contribution in [0.5, 0.6) is 5.75 Å². The molecule has 4 heterocycles. The molecule has 0 radical (unpaired) electrons. The van der Waals surface area contributed by atoms with Gasteiger partial charge in [0, 0.05) is 32.7 Å². The summed E-state index contributed by atoms with van der Waals surface area (Å²) >= 11 is 1.62. The highest BCUT2D eigenvalue weighted by Crippen LogP contribution is 2.31. The minimum atomic E-state index is 0.0329. The van der Waals surface area contributed by atoms with E-state index in [1.165, 1.54) is 0 Å². The van der Waals surface area contributed by atoms with E-state index >= 15 is 0 Å². The lowest BCUT2D eigenvalue weighted by Gasteiger charge is -2.36. The molecule has 4 aromatic rings. The third-order valence-corrected chi connectivity index (χ3v) is 6.80. The highest BCUT2D eigenvalue weighted by Gasteiger charge is 2.26. The molecular formula is C24H25N5O2S. The van der Waals surface area contributed by atoms with Gasteiger partial charge in [0.1, 0.15) is 5.75 Å². The Bertz CT molecular complexity index is 1240. The Morgan fingerprint density at radius 2 is 1.94 bits per heavy atom. The van der Waals surface area contributed by atoms with Gasteiger partial charge >= 0.3 is 0 Å². The summed E-state index contributed by atoms with van der Waals surface area (Å²) in [5.41, 5.74) is 3.31. The maximum absolute atomic E-state index is 13.6. The minimum Gasteiger partial charge on any atom is -0.495 e. The summed E-state index contributed by atoms with van der Waals surface area (Å²) in [6.07, 6.45) is 1.77. The molecule has 1 saturated heterocycles. The fourth-order valence-electron chi connectivity index (χ4n) is 4.22. The van der Waals surface area contributed by atoms with Crippen LogP contribution in [0, 0.1) is 0 Å². The zero-order valence-corrected chi connectivity index (χ0v) is 19.0. The third kappa shape index (κ3) is 3.60. The molecule has 0 aliphatic carbocycles. The molecule has 1 aliphatic rings. The number of anilines is 1.